The molecule has 80 valence electrons. The van der Waals surface area contributed by atoms with Crippen LogP contribution in [0.3, 0.4) is 0 Å². The molecule has 0 aliphatic heterocycles. The van der Waals surface area contributed by atoms with Crippen molar-refractivity contribution >= 4 is 5.91 Å². The van der Waals surface area contributed by atoms with Crippen molar-refractivity contribution in [3.63, 3.8) is 0 Å². The predicted octanol–water partition coefficient (Wildman–Crippen LogP) is 2.59. The first-order valence-electron chi connectivity index (χ1n) is 4.84. The van der Waals surface area contributed by atoms with E-state index in [1.54, 1.807) is 24.3 Å². The smallest absolute Gasteiger partial charge is 0.252 e. The topological polar surface area (TPSA) is 43.1 Å². The number of amides is 1. The first-order valence-corrected chi connectivity index (χ1v) is 4.84. The lowest BCUT2D eigenvalue weighted by atomic mass is 9.99. The Bertz CT molecular complexity index is 523. The van der Waals surface area contributed by atoms with Crippen molar-refractivity contribution in [2.75, 3.05) is 0 Å². The van der Waals surface area contributed by atoms with Crippen molar-refractivity contribution < 1.29 is 9.18 Å². The lowest BCUT2D eigenvalue weighted by molar-refractivity contribution is 0.0997. The standard InChI is InChI=1S/C13H10FNO/c14-11-8-4-7-10(12(11)13(15)16)9-5-2-1-3-6-9/h1-8H,(H2,15,16). The van der Waals surface area contributed by atoms with E-state index in [-0.39, 0.29) is 5.56 Å². The lowest BCUT2D eigenvalue weighted by Crippen LogP contribution is -2.14. The Morgan fingerprint density at radius 1 is 1.00 bits per heavy atom. The molecule has 0 bridgehead atoms. The van der Waals surface area contributed by atoms with Crippen molar-refractivity contribution in [1.29, 1.82) is 0 Å². The molecule has 0 heterocycles. The molecular weight excluding hydrogens is 205 g/mol. The van der Waals surface area contributed by atoms with Gasteiger partial charge in [0.05, 0.1) is 5.56 Å². The quantitative estimate of drug-likeness (QED) is 0.822. The Morgan fingerprint density at radius 3 is 2.31 bits per heavy atom. The maximum absolute atomic E-state index is 13.5. The van der Waals surface area contributed by atoms with Gasteiger partial charge in [-0.3, -0.25) is 4.79 Å². The van der Waals surface area contributed by atoms with Gasteiger partial charge in [-0.05, 0) is 17.2 Å². The van der Waals surface area contributed by atoms with E-state index in [1.165, 1.54) is 6.07 Å². The van der Waals surface area contributed by atoms with Gasteiger partial charge in [-0.15, -0.1) is 0 Å². The van der Waals surface area contributed by atoms with Crippen LogP contribution in [0.25, 0.3) is 11.1 Å². The average Bonchev–Trinajstić information content (AvgIpc) is 2.29. The van der Waals surface area contributed by atoms with E-state index in [0.717, 1.165) is 5.56 Å². The molecule has 0 saturated heterocycles. The van der Waals surface area contributed by atoms with E-state index in [0.29, 0.717) is 5.56 Å². The zero-order valence-corrected chi connectivity index (χ0v) is 8.48. The van der Waals surface area contributed by atoms with Gasteiger partial charge in [0.1, 0.15) is 5.82 Å². The van der Waals surface area contributed by atoms with Crippen LogP contribution in [-0.2, 0) is 0 Å². The number of primary amides is 1. The van der Waals surface area contributed by atoms with E-state index in [2.05, 4.69) is 0 Å². The van der Waals surface area contributed by atoms with Gasteiger partial charge >= 0.3 is 0 Å². The Kier molecular flexibility index (Phi) is 2.68. The zero-order chi connectivity index (χ0) is 11.5. The average molecular weight is 215 g/mol. The summed E-state index contributed by atoms with van der Waals surface area (Å²) in [6.45, 7) is 0. The van der Waals surface area contributed by atoms with E-state index >= 15 is 0 Å². The minimum Gasteiger partial charge on any atom is -0.365 e. The summed E-state index contributed by atoms with van der Waals surface area (Å²) in [7, 11) is 0. The minimum atomic E-state index is -0.753. The lowest BCUT2D eigenvalue weighted by Gasteiger charge is -2.07. The monoisotopic (exact) mass is 215 g/mol. The summed E-state index contributed by atoms with van der Waals surface area (Å²) in [5, 5.41) is 0. The van der Waals surface area contributed by atoms with Crippen LogP contribution in [0.2, 0.25) is 0 Å². The molecule has 2 nitrogen and oxygen atoms in total. The summed E-state index contributed by atoms with van der Waals surface area (Å²) in [5.74, 6) is -1.34. The molecule has 2 aromatic rings. The van der Waals surface area contributed by atoms with Crippen LogP contribution in [0.4, 0.5) is 4.39 Å². The zero-order valence-electron chi connectivity index (χ0n) is 8.48. The van der Waals surface area contributed by atoms with Crippen LogP contribution >= 0.6 is 0 Å². The number of rotatable bonds is 2. The molecular formula is C13H10FNO. The second-order valence-corrected chi connectivity index (χ2v) is 3.39. The molecule has 0 spiro atoms. The van der Waals surface area contributed by atoms with Crippen LogP contribution in [-0.4, -0.2) is 5.91 Å². The van der Waals surface area contributed by atoms with Crippen molar-refractivity contribution in [2.24, 2.45) is 5.73 Å². The minimum absolute atomic E-state index is 0.0614. The number of carbonyl (C=O) groups is 1. The van der Waals surface area contributed by atoms with Gasteiger partial charge in [-0.1, -0.05) is 42.5 Å². The summed E-state index contributed by atoms with van der Waals surface area (Å²) in [6, 6.07) is 13.6. The molecule has 0 saturated carbocycles. The second kappa shape index (κ2) is 4.14. The van der Waals surface area contributed by atoms with E-state index in [4.69, 9.17) is 5.73 Å². The highest BCUT2D eigenvalue weighted by atomic mass is 19.1. The van der Waals surface area contributed by atoms with Gasteiger partial charge in [0, 0.05) is 0 Å². The normalized spacial score (nSPS) is 10.1. The van der Waals surface area contributed by atoms with Gasteiger partial charge < -0.3 is 5.73 Å². The molecule has 0 atom stereocenters. The van der Waals surface area contributed by atoms with Crippen molar-refractivity contribution in [2.45, 2.75) is 0 Å². The summed E-state index contributed by atoms with van der Waals surface area (Å²) < 4.78 is 13.5. The number of halogens is 1. The largest absolute Gasteiger partial charge is 0.365 e. The number of benzene rings is 2. The van der Waals surface area contributed by atoms with Gasteiger partial charge in [-0.2, -0.15) is 0 Å². The highest BCUT2D eigenvalue weighted by Gasteiger charge is 2.14. The SMILES string of the molecule is NC(=O)c1c(F)cccc1-c1ccccc1. The molecule has 0 radical (unpaired) electrons. The summed E-state index contributed by atoms with van der Waals surface area (Å²) in [4.78, 5) is 11.2. The Balaban J connectivity index is 2.66. The van der Waals surface area contributed by atoms with Crippen LogP contribution in [0.5, 0.6) is 0 Å². The van der Waals surface area contributed by atoms with Crippen molar-refractivity contribution in [3.8, 4) is 11.1 Å². The van der Waals surface area contributed by atoms with Crippen LogP contribution < -0.4 is 5.73 Å². The highest BCUT2D eigenvalue weighted by Crippen LogP contribution is 2.24. The molecule has 0 aromatic heterocycles. The Morgan fingerprint density at radius 2 is 1.69 bits per heavy atom. The molecule has 2 aromatic carbocycles. The third-order valence-corrected chi connectivity index (χ3v) is 2.34. The maximum atomic E-state index is 13.5. The fraction of sp³-hybridized carbons (Fsp3) is 0. The number of nitrogens with two attached hydrogens (primary N) is 1. The number of carbonyl (C=O) groups excluding carboxylic acids is 1. The maximum Gasteiger partial charge on any atom is 0.252 e. The molecule has 0 unspecified atom stereocenters. The summed E-state index contributed by atoms with van der Waals surface area (Å²) in [5.41, 5.74) is 6.41. The van der Waals surface area contributed by atoms with Crippen LogP contribution in [0.15, 0.2) is 48.5 Å². The van der Waals surface area contributed by atoms with Gasteiger partial charge in [0.25, 0.3) is 5.91 Å². The van der Waals surface area contributed by atoms with Gasteiger partial charge in [-0.25, -0.2) is 4.39 Å². The molecule has 16 heavy (non-hydrogen) atoms. The molecule has 0 aliphatic rings. The fourth-order valence-corrected chi connectivity index (χ4v) is 1.63. The first-order chi connectivity index (χ1) is 7.70. The predicted molar refractivity (Wildman–Crippen MR) is 60.4 cm³/mol. The third-order valence-electron chi connectivity index (χ3n) is 2.34. The van der Waals surface area contributed by atoms with Crippen LogP contribution in [0.1, 0.15) is 10.4 Å². The Hall–Kier alpha value is -2.16. The first kappa shape index (κ1) is 10.4. The molecule has 1 amide bonds. The van der Waals surface area contributed by atoms with Gasteiger partial charge in [0.2, 0.25) is 0 Å². The molecule has 3 heteroatoms. The summed E-state index contributed by atoms with van der Waals surface area (Å²) >= 11 is 0. The molecule has 2 N–H and O–H groups in total. The fourth-order valence-electron chi connectivity index (χ4n) is 1.63. The van der Waals surface area contributed by atoms with E-state index < -0.39 is 11.7 Å². The van der Waals surface area contributed by atoms with Gasteiger partial charge in [0.15, 0.2) is 0 Å². The Labute approximate surface area is 92.5 Å². The highest BCUT2D eigenvalue weighted by molar-refractivity contribution is 6.00. The molecule has 0 fully saturated rings. The summed E-state index contributed by atoms with van der Waals surface area (Å²) in [6.07, 6.45) is 0. The van der Waals surface area contributed by atoms with Crippen molar-refractivity contribution in [3.05, 3.63) is 59.9 Å². The molecule has 0 aliphatic carbocycles. The number of hydrogen-bond acceptors (Lipinski definition) is 1. The third kappa shape index (κ3) is 1.80. The number of hydrogen-bond donors (Lipinski definition) is 1. The van der Waals surface area contributed by atoms with Crippen LogP contribution in [0, 0.1) is 5.82 Å². The second-order valence-electron chi connectivity index (χ2n) is 3.39. The van der Waals surface area contributed by atoms with E-state index in [9.17, 15) is 9.18 Å². The van der Waals surface area contributed by atoms with Crippen molar-refractivity contribution in [1.82, 2.24) is 0 Å². The molecule has 2 rings (SSSR count). The van der Waals surface area contributed by atoms with E-state index in [1.807, 2.05) is 18.2 Å².